The van der Waals surface area contributed by atoms with Crippen LogP contribution >= 0.6 is 0 Å². The van der Waals surface area contributed by atoms with E-state index in [0.29, 0.717) is 25.9 Å². The Hall–Kier alpha value is -0.610. The molecule has 1 aliphatic heterocycles. The summed E-state index contributed by atoms with van der Waals surface area (Å²) in [6.07, 6.45) is 9.04. The van der Waals surface area contributed by atoms with Crippen LogP contribution < -0.4 is 5.32 Å². The standard InChI is InChI=1S/C15H27NO3/c1-2-19-14(17)15(9-11-18-12-10-15)16-13-7-5-3-4-6-8-13/h13,16H,2-12H2,1H3. The summed E-state index contributed by atoms with van der Waals surface area (Å²) in [7, 11) is 0. The topological polar surface area (TPSA) is 47.6 Å². The minimum Gasteiger partial charge on any atom is -0.465 e. The lowest BCUT2D eigenvalue weighted by atomic mass is 9.88. The number of nitrogens with one attached hydrogen (secondary N) is 1. The van der Waals surface area contributed by atoms with Crippen molar-refractivity contribution in [2.75, 3.05) is 19.8 Å². The summed E-state index contributed by atoms with van der Waals surface area (Å²) in [5.41, 5.74) is -0.497. The first-order valence-electron chi connectivity index (χ1n) is 7.79. The largest absolute Gasteiger partial charge is 0.465 e. The van der Waals surface area contributed by atoms with Gasteiger partial charge in [0.2, 0.25) is 0 Å². The molecule has 2 rings (SSSR count). The van der Waals surface area contributed by atoms with E-state index >= 15 is 0 Å². The number of hydrogen-bond donors (Lipinski definition) is 1. The average Bonchev–Trinajstić information content (AvgIpc) is 2.69. The maximum Gasteiger partial charge on any atom is 0.326 e. The van der Waals surface area contributed by atoms with Crippen molar-refractivity contribution >= 4 is 5.97 Å². The Morgan fingerprint density at radius 1 is 1.21 bits per heavy atom. The Balaban J connectivity index is 2.01. The zero-order valence-corrected chi connectivity index (χ0v) is 12.1. The predicted molar refractivity (Wildman–Crippen MR) is 74.0 cm³/mol. The van der Waals surface area contributed by atoms with Crippen molar-refractivity contribution in [1.82, 2.24) is 5.32 Å². The van der Waals surface area contributed by atoms with E-state index in [2.05, 4.69) is 5.32 Å². The Bertz CT molecular complexity index is 279. The van der Waals surface area contributed by atoms with E-state index in [0.717, 1.165) is 12.8 Å². The van der Waals surface area contributed by atoms with Gasteiger partial charge < -0.3 is 9.47 Å². The normalized spacial score (nSPS) is 24.7. The zero-order chi connectivity index (χ0) is 13.6. The molecule has 4 nitrogen and oxygen atoms in total. The number of rotatable bonds is 4. The van der Waals surface area contributed by atoms with Gasteiger partial charge in [-0.05, 0) is 32.6 Å². The quantitative estimate of drug-likeness (QED) is 0.629. The third kappa shape index (κ3) is 3.93. The second-order valence-electron chi connectivity index (χ2n) is 5.75. The molecule has 0 aromatic heterocycles. The Labute approximate surface area is 116 Å². The number of ether oxygens (including phenoxy) is 2. The van der Waals surface area contributed by atoms with E-state index < -0.39 is 5.54 Å². The highest BCUT2D eigenvalue weighted by atomic mass is 16.5. The van der Waals surface area contributed by atoms with Gasteiger partial charge in [-0.25, -0.2) is 0 Å². The monoisotopic (exact) mass is 269 g/mol. The summed E-state index contributed by atoms with van der Waals surface area (Å²) < 4.78 is 10.7. The molecule has 0 amide bonds. The van der Waals surface area contributed by atoms with E-state index in [1.54, 1.807) is 0 Å². The number of carbonyl (C=O) groups excluding carboxylic acids is 1. The van der Waals surface area contributed by atoms with Crippen LogP contribution in [-0.2, 0) is 14.3 Å². The van der Waals surface area contributed by atoms with Crippen LogP contribution in [0, 0.1) is 0 Å². The van der Waals surface area contributed by atoms with Crippen molar-refractivity contribution < 1.29 is 14.3 Å². The van der Waals surface area contributed by atoms with Crippen LogP contribution in [0.2, 0.25) is 0 Å². The highest BCUT2D eigenvalue weighted by Crippen LogP contribution is 2.26. The Morgan fingerprint density at radius 3 is 2.42 bits per heavy atom. The lowest BCUT2D eigenvalue weighted by molar-refractivity contribution is -0.156. The maximum absolute atomic E-state index is 12.3. The highest BCUT2D eigenvalue weighted by molar-refractivity contribution is 5.81. The fourth-order valence-corrected chi connectivity index (χ4v) is 3.21. The van der Waals surface area contributed by atoms with Crippen molar-refractivity contribution in [3.8, 4) is 0 Å². The summed E-state index contributed by atoms with van der Waals surface area (Å²) in [6.45, 7) is 3.63. The van der Waals surface area contributed by atoms with Gasteiger partial charge in [-0.1, -0.05) is 25.7 Å². The molecule has 2 aliphatic rings. The predicted octanol–water partition coefficient (Wildman–Crippen LogP) is 2.41. The highest BCUT2D eigenvalue weighted by Gasteiger charge is 2.42. The van der Waals surface area contributed by atoms with Gasteiger partial charge in [0, 0.05) is 19.3 Å². The van der Waals surface area contributed by atoms with Crippen LogP contribution in [-0.4, -0.2) is 37.4 Å². The van der Waals surface area contributed by atoms with Crippen molar-refractivity contribution in [1.29, 1.82) is 0 Å². The van der Waals surface area contributed by atoms with Gasteiger partial charge in [0.05, 0.1) is 6.61 Å². The summed E-state index contributed by atoms with van der Waals surface area (Å²) in [4.78, 5) is 12.3. The molecule has 0 unspecified atom stereocenters. The molecule has 0 aromatic carbocycles. The molecule has 0 bridgehead atoms. The van der Waals surface area contributed by atoms with Gasteiger partial charge in [0.1, 0.15) is 5.54 Å². The molecule has 19 heavy (non-hydrogen) atoms. The lowest BCUT2D eigenvalue weighted by Gasteiger charge is -2.38. The molecule has 110 valence electrons. The first-order valence-corrected chi connectivity index (χ1v) is 7.79. The van der Waals surface area contributed by atoms with Crippen LogP contribution in [0.4, 0.5) is 0 Å². The van der Waals surface area contributed by atoms with Crippen LogP contribution in [0.15, 0.2) is 0 Å². The van der Waals surface area contributed by atoms with Crippen molar-refractivity contribution in [2.45, 2.75) is 69.9 Å². The molecule has 4 heteroatoms. The molecule has 1 saturated carbocycles. The Kier molecular flexibility index (Phi) is 5.64. The van der Waals surface area contributed by atoms with Crippen LogP contribution in [0.5, 0.6) is 0 Å². The summed E-state index contributed by atoms with van der Waals surface area (Å²) in [5, 5.41) is 3.64. The zero-order valence-electron chi connectivity index (χ0n) is 12.1. The van der Waals surface area contributed by atoms with Crippen molar-refractivity contribution in [3.63, 3.8) is 0 Å². The Morgan fingerprint density at radius 2 is 1.84 bits per heavy atom. The van der Waals surface area contributed by atoms with Gasteiger partial charge >= 0.3 is 5.97 Å². The smallest absolute Gasteiger partial charge is 0.326 e. The SMILES string of the molecule is CCOC(=O)C1(NC2CCCCCC2)CCOCC1. The molecule has 0 atom stereocenters. The first-order chi connectivity index (χ1) is 9.27. The van der Waals surface area contributed by atoms with E-state index in [-0.39, 0.29) is 5.97 Å². The molecule has 1 N–H and O–H groups in total. The second kappa shape index (κ2) is 7.25. The van der Waals surface area contributed by atoms with Gasteiger partial charge in [0.15, 0.2) is 0 Å². The molecule has 0 spiro atoms. The minimum atomic E-state index is -0.497. The summed E-state index contributed by atoms with van der Waals surface area (Å²) in [6, 6.07) is 0.463. The summed E-state index contributed by atoms with van der Waals surface area (Å²) >= 11 is 0. The minimum absolute atomic E-state index is 0.0810. The molecule has 0 radical (unpaired) electrons. The molecule has 1 saturated heterocycles. The van der Waals surface area contributed by atoms with Gasteiger partial charge in [0.25, 0.3) is 0 Å². The fraction of sp³-hybridized carbons (Fsp3) is 0.933. The maximum atomic E-state index is 12.3. The van der Waals surface area contributed by atoms with Crippen LogP contribution in [0.25, 0.3) is 0 Å². The fourth-order valence-electron chi connectivity index (χ4n) is 3.21. The third-order valence-electron chi connectivity index (χ3n) is 4.35. The molecule has 1 heterocycles. The van der Waals surface area contributed by atoms with Gasteiger partial charge in [-0.2, -0.15) is 0 Å². The van der Waals surface area contributed by atoms with E-state index in [4.69, 9.17) is 9.47 Å². The molecular formula is C15H27NO3. The van der Waals surface area contributed by atoms with Crippen molar-refractivity contribution in [3.05, 3.63) is 0 Å². The number of carbonyl (C=O) groups is 1. The molecule has 0 aromatic rings. The average molecular weight is 269 g/mol. The number of hydrogen-bond acceptors (Lipinski definition) is 4. The second-order valence-corrected chi connectivity index (χ2v) is 5.75. The van der Waals surface area contributed by atoms with E-state index in [1.807, 2.05) is 6.92 Å². The first kappa shape index (κ1) is 14.8. The van der Waals surface area contributed by atoms with E-state index in [9.17, 15) is 4.79 Å². The van der Waals surface area contributed by atoms with Crippen LogP contribution in [0.3, 0.4) is 0 Å². The summed E-state index contributed by atoms with van der Waals surface area (Å²) in [5.74, 6) is -0.0810. The van der Waals surface area contributed by atoms with Crippen LogP contribution in [0.1, 0.15) is 58.3 Å². The number of esters is 1. The molecule has 2 fully saturated rings. The van der Waals surface area contributed by atoms with Gasteiger partial charge in [-0.3, -0.25) is 10.1 Å². The van der Waals surface area contributed by atoms with E-state index in [1.165, 1.54) is 38.5 Å². The molecule has 1 aliphatic carbocycles. The van der Waals surface area contributed by atoms with Gasteiger partial charge in [-0.15, -0.1) is 0 Å². The lowest BCUT2D eigenvalue weighted by Crippen LogP contribution is -2.59. The molecular weight excluding hydrogens is 242 g/mol. The van der Waals surface area contributed by atoms with Crippen molar-refractivity contribution in [2.24, 2.45) is 0 Å². The third-order valence-corrected chi connectivity index (χ3v) is 4.35.